The van der Waals surface area contributed by atoms with E-state index in [4.69, 9.17) is 0 Å². The fourth-order valence-corrected chi connectivity index (χ4v) is 2.13. The molecule has 5 nitrogen and oxygen atoms in total. The molecule has 0 radical (unpaired) electrons. The van der Waals surface area contributed by atoms with E-state index in [-0.39, 0.29) is 18.3 Å². The van der Waals surface area contributed by atoms with Crippen LogP contribution in [0, 0.1) is 0 Å². The number of nitrogens with one attached hydrogen (secondary N) is 2. The average Bonchev–Trinajstić information content (AvgIpc) is 2.90. The zero-order chi connectivity index (χ0) is 10.5. The van der Waals surface area contributed by atoms with Crippen LogP contribution in [0.4, 0.5) is 0 Å². The summed E-state index contributed by atoms with van der Waals surface area (Å²) in [6.07, 6.45) is 4.94. The zero-order valence-corrected chi connectivity index (χ0v) is 10.4. The van der Waals surface area contributed by atoms with E-state index >= 15 is 0 Å². The number of hydrogen-bond acceptors (Lipinski definition) is 5. The van der Waals surface area contributed by atoms with Gasteiger partial charge in [0.15, 0.2) is 5.69 Å². The molecule has 1 amide bonds. The molecule has 1 atom stereocenters. The Bertz CT molecular complexity index is 313. The molecule has 1 aliphatic rings. The Morgan fingerprint density at radius 1 is 1.69 bits per heavy atom. The summed E-state index contributed by atoms with van der Waals surface area (Å²) in [5, 5.41) is 6.23. The molecule has 2 heterocycles. The molecule has 0 spiro atoms. The minimum absolute atomic E-state index is 0. The van der Waals surface area contributed by atoms with Crippen LogP contribution in [-0.2, 0) is 0 Å². The first-order valence-electron chi connectivity index (χ1n) is 5.15. The summed E-state index contributed by atoms with van der Waals surface area (Å²) < 4.78 is 7.66. The number of rotatable bonds is 4. The predicted octanol–water partition coefficient (Wildman–Crippen LogP) is 0.832. The Kier molecular flexibility index (Phi) is 5.65. The smallest absolute Gasteiger partial charge is 0.272 e. The van der Waals surface area contributed by atoms with Crippen LogP contribution >= 0.6 is 24.1 Å². The molecule has 1 aliphatic heterocycles. The largest absolute Gasteiger partial charge is 0.351 e. The van der Waals surface area contributed by atoms with E-state index in [1.807, 2.05) is 0 Å². The summed E-state index contributed by atoms with van der Waals surface area (Å²) in [4.78, 5) is 11.5. The van der Waals surface area contributed by atoms with Crippen LogP contribution in [0.5, 0.6) is 0 Å². The van der Waals surface area contributed by atoms with E-state index in [0.717, 1.165) is 24.7 Å². The van der Waals surface area contributed by atoms with Gasteiger partial charge in [-0.15, -0.1) is 12.4 Å². The Labute approximate surface area is 105 Å². The zero-order valence-electron chi connectivity index (χ0n) is 8.81. The Morgan fingerprint density at radius 3 is 3.19 bits per heavy atom. The third kappa shape index (κ3) is 3.70. The highest BCUT2D eigenvalue weighted by Crippen LogP contribution is 2.07. The summed E-state index contributed by atoms with van der Waals surface area (Å²) in [6.45, 7) is 1.81. The second-order valence-corrected chi connectivity index (χ2v) is 4.19. The molecule has 0 saturated carbocycles. The minimum Gasteiger partial charge on any atom is -0.351 e. The SMILES string of the molecule is Cl.O=C(NCC[C@H]1CCCN1)c1cnsn1. The van der Waals surface area contributed by atoms with Gasteiger partial charge in [-0.3, -0.25) is 4.79 Å². The van der Waals surface area contributed by atoms with Gasteiger partial charge in [0.05, 0.1) is 17.9 Å². The molecule has 1 aromatic heterocycles. The normalized spacial score (nSPS) is 19.1. The maximum atomic E-state index is 11.5. The molecule has 0 aliphatic carbocycles. The van der Waals surface area contributed by atoms with Crippen molar-refractivity contribution in [3.05, 3.63) is 11.9 Å². The topological polar surface area (TPSA) is 66.9 Å². The van der Waals surface area contributed by atoms with E-state index in [9.17, 15) is 4.79 Å². The Hall–Kier alpha value is -0.720. The van der Waals surface area contributed by atoms with E-state index in [1.54, 1.807) is 0 Å². The molecule has 2 rings (SSSR count). The maximum absolute atomic E-state index is 11.5. The van der Waals surface area contributed by atoms with Gasteiger partial charge in [-0.05, 0) is 25.8 Å². The van der Waals surface area contributed by atoms with Gasteiger partial charge in [0.1, 0.15) is 0 Å². The Morgan fingerprint density at radius 2 is 2.56 bits per heavy atom. The molecule has 1 saturated heterocycles. The quantitative estimate of drug-likeness (QED) is 0.844. The highest BCUT2D eigenvalue weighted by molar-refractivity contribution is 6.99. The standard InChI is InChI=1S/C9H14N4OS.ClH/c14-9(8-6-12-15-13-8)11-5-3-7-2-1-4-10-7;/h6-7,10H,1-5H2,(H,11,14);1H/t7-;/m1./s1. The van der Waals surface area contributed by atoms with Crippen LogP contribution in [0.2, 0.25) is 0 Å². The summed E-state index contributed by atoms with van der Waals surface area (Å²) in [5.41, 5.74) is 0.416. The van der Waals surface area contributed by atoms with E-state index in [2.05, 4.69) is 19.4 Å². The predicted molar refractivity (Wildman–Crippen MR) is 65.1 cm³/mol. The van der Waals surface area contributed by atoms with Gasteiger partial charge >= 0.3 is 0 Å². The monoisotopic (exact) mass is 262 g/mol. The second-order valence-electron chi connectivity index (χ2n) is 3.63. The van der Waals surface area contributed by atoms with Crippen molar-refractivity contribution in [1.29, 1.82) is 0 Å². The van der Waals surface area contributed by atoms with Crippen molar-refractivity contribution in [3.63, 3.8) is 0 Å². The van der Waals surface area contributed by atoms with Crippen LogP contribution in [-0.4, -0.2) is 33.8 Å². The van der Waals surface area contributed by atoms with Crippen LogP contribution in [0.1, 0.15) is 29.8 Å². The molecule has 0 aromatic carbocycles. The van der Waals surface area contributed by atoms with Gasteiger partial charge < -0.3 is 10.6 Å². The molecular formula is C9H15ClN4OS. The number of aromatic nitrogens is 2. The minimum atomic E-state index is -0.123. The molecular weight excluding hydrogens is 248 g/mol. The average molecular weight is 263 g/mol. The van der Waals surface area contributed by atoms with E-state index in [1.165, 1.54) is 19.0 Å². The number of amides is 1. The van der Waals surface area contributed by atoms with Crippen LogP contribution in [0.3, 0.4) is 0 Å². The van der Waals surface area contributed by atoms with Crippen molar-refractivity contribution in [3.8, 4) is 0 Å². The lowest BCUT2D eigenvalue weighted by Gasteiger charge is -2.09. The van der Waals surface area contributed by atoms with Gasteiger partial charge in [0, 0.05) is 12.6 Å². The van der Waals surface area contributed by atoms with Crippen LogP contribution in [0.25, 0.3) is 0 Å². The number of carbonyl (C=O) groups is 1. The highest BCUT2D eigenvalue weighted by atomic mass is 35.5. The summed E-state index contributed by atoms with van der Waals surface area (Å²) >= 11 is 1.05. The number of carbonyl (C=O) groups excluding carboxylic acids is 1. The van der Waals surface area contributed by atoms with Crippen molar-refractivity contribution in [2.45, 2.75) is 25.3 Å². The summed E-state index contributed by atoms with van der Waals surface area (Å²) in [6, 6.07) is 0.568. The van der Waals surface area contributed by atoms with Crippen molar-refractivity contribution in [1.82, 2.24) is 19.4 Å². The van der Waals surface area contributed by atoms with Crippen molar-refractivity contribution in [2.75, 3.05) is 13.1 Å². The van der Waals surface area contributed by atoms with Crippen LogP contribution in [0.15, 0.2) is 6.20 Å². The lowest BCUT2D eigenvalue weighted by Crippen LogP contribution is -2.30. The maximum Gasteiger partial charge on any atom is 0.272 e. The second kappa shape index (κ2) is 6.78. The highest BCUT2D eigenvalue weighted by Gasteiger charge is 2.14. The van der Waals surface area contributed by atoms with Gasteiger partial charge in [-0.25, -0.2) is 0 Å². The molecule has 0 unspecified atom stereocenters. The molecule has 1 fully saturated rings. The summed E-state index contributed by atoms with van der Waals surface area (Å²) in [7, 11) is 0. The molecule has 1 aromatic rings. The first-order valence-corrected chi connectivity index (χ1v) is 5.88. The van der Waals surface area contributed by atoms with Gasteiger partial charge in [-0.2, -0.15) is 8.75 Å². The van der Waals surface area contributed by atoms with Crippen LogP contribution < -0.4 is 10.6 Å². The lowest BCUT2D eigenvalue weighted by atomic mass is 10.1. The molecule has 16 heavy (non-hydrogen) atoms. The number of nitrogens with zero attached hydrogens (tertiary/aromatic N) is 2. The van der Waals surface area contributed by atoms with Gasteiger partial charge in [-0.1, -0.05) is 0 Å². The van der Waals surface area contributed by atoms with E-state index in [0.29, 0.717) is 18.3 Å². The third-order valence-electron chi connectivity index (χ3n) is 2.53. The molecule has 7 heteroatoms. The third-order valence-corrected chi connectivity index (χ3v) is 3.01. The number of hydrogen-bond donors (Lipinski definition) is 2. The van der Waals surface area contributed by atoms with Crippen molar-refractivity contribution >= 4 is 30.0 Å². The lowest BCUT2D eigenvalue weighted by molar-refractivity contribution is 0.0948. The first kappa shape index (κ1) is 13.3. The molecule has 2 N–H and O–H groups in total. The van der Waals surface area contributed by atoms with Crippen molar-refractivity contribution < 1.29 is 4.79 Å². The van der Waals surface area contributed by atoms with Gasteiger partial charge in [0.25, 0.3) is 5.91 Å². The van der Waals surface area contributed by atoms with E-state index < -0.39 is 0 Å². The summed E-state index contributed by atoms with van der Waals surface area (Å²) in [5.74, 6) is -0.123. The first-order chi connectivity index (χ1) is 7.36. The van der Waals surface area contributed by atoms with Gasteiger partial charge in [0.2, 0.25) is 0 Å². The van der Waals surface area contributed by atoms with Crippen molar-refractivity contribution in [2.24, 2.45) is 0 Å². The molecule has 90 valence electrons. The fourth-order valence-electron chi connectivity index (χ4n) is 1.72. The fraction of sp³-hybridized carbons (Fsp3) is 0.667. The number of halogens is 1. The molecule has 0 bridgehead atoms. The Balaban J connectivity index is 0.00000128.